The molecular weight excluding hydrogens is 194 g/mol. The van der Waals surface area contributed by atoms with E-state index in [1.165, 1.54) is 7.11 Å². The van der Waals surface area contributed by atoms with Gasteiger partial charge in [-0.05, 0) is 25.5 Å². The molecule has 0 aromatic carbocycles. The SMILES string of the molecule is COC(=O)CCC(N)Cc1ccc(C)o1. The minimum atomic E-state index is -0.221. The van der Waals surface area contributed by atoms with Crippen LogP contribution in [0.25, 0.3) is 0 Å². The summed E-state index contributed by atoms with van der Waals surface area (Å²) < 4.78 is 9.93. The second-order valence-electron chi connectivity index (χ2n) is 3.59. The van der Waals surface area contributed by atoms with Gasteiger partial charge in [-0.1, -0.05) is 0 Å². The van der Waals surface area contributed by atoms with Crippen molar-refractivity contribution in [2.45, 2.75) is 32.2 Å². The van der Waals surface area contributed by atoms with Crippen LogP contribution in [0.1, 0.15) is 24.4 Å². The Kier molecular flexibility index (Phi) is 4.37. The lowest BCUT2D eigenvalue weighted by Gasteiger charge is -2.08. The van der Waals surface area contributed by atoms with Gasteiger partial charge in [0.05, 0.1) is 7.11 Å². The zero-order chi connectivity index (χ0) is 11.3. The molecule has 0 saturated heterocycles. The Morgan fingerprint density at radius 2 is 2.33 bits per heavy atom. The topological polar surface area (TPSA) is 65.5 Å². The van der Waals surface area contributed by atoms with Crippen molar-refractivity contribution in [2.75, 3.05) is 7.11 Å². The molecule has 0 bridgehead atoms. The summed E-state index contributed by atoms with van der Waals surface area (Å²) in [7, 11) is 1.38. The molecule has 0 saturated carbocycles. The predicted octanol–water partition coefficient (Wildman–Crippen LogP) is 1.41. The first-order valence-corrected chi connectivity index (χ1v) is 4.99. The van der Waals surface area contributed by atoms with Gasteiger partial charge in [0.25, 0.3) is 0 Å². The van der Waals surface area contributed by atoms with Crippen LogP contribution in [0, 0.1) is 6.92 Å². The number of hydrogen-bond acceptors (Lipinski definition) is 4. The van der Waals surface area contributed by atoms with E-state index in [1.807, 2.05) is 19.1 Å². The maximum Gasteiger partial charge on any atom is 0.305 e. The number of aryl methyl sites for hydroxylation is 1. The molecule has 0 spiro atoms. The van der Waals surface area contributed by atoms with Crippen LogP contribution >= 0.6 is 0 Å². The lowest BCUT2D eigenvalue weighted by atomic mass is 10.1. The molecule has 2 N–H and O–H groups in total. The van der Waals surface area contributed by atoms with E-state index in [9.17, 15) is 4.79 Å². The maximum absolute atomic E-state index is 10.9. The normalized spacial score (nSPS) is 12.5. The van der Waals surface area contributed by atoms with Crippen LogP contribution in [0.3, 0.4) is 0 Å². The van der Waals surface area contributed by atoms with E-state index in [2.05, 4.69) is 4.74 Å². The molecule has 1 atom stereocenters. The number of rotatable bonds is 5. The Balaban J connectivity index is 2.30. The highest BCUT2D eigenvalue weighted by molar-refractivity contribution is 5.69. The van der Waals surface area contributed by atoms with Gasteiger partial charge in [0.1, 0.15) is 11.5 Å². The number of nitrogens with two attached hydrogens (primary N) is 1. The monoisotopic (exact) mass is 211 g/mol. The van der Waals surface area contributed by atoms with Crippen molar-refractivity contribution >= 4 is 5.97 Å². The Morgan fingerprint density at radius 3 is 2.87 bits per heavy atom. The van der Waals surface area contributed by atoms with Crippen molar-refractivity contribution in [3.63, 3.8) is 0 Å². The minimum absolute atomic E-state index is 0.0605. The van der Waals surface area contributed by atoms with Crippen molar-refractivity contribution in [3.05, 3.63) is 23.7 Å². The number of esters is 1. The summed E-state index contributed by atoms with van der Waals surface area (Å²) in [4.78, 5) is 10.9. The fraction of sp³-hybridized carbons (Fsp3) is 0.545. The van der Waals surface area contributed by atoms with Crippen molar-refractivity contribution in [3.8, 4) is 0 Å². The molecule has 4 nitrogen and oxygen atoms in total. The molecule has 0 aliphatic heterocycles. The summed E-state index contributed by atoms with van der Waals surface area (Å²) in [6, 6.07) is 3.75. The van der Waals surface area contributed by atoms with E-state index in [1.54, 1.807) is 0 Å². The van der Waals surface area contributed by atoms with Gasteiger partial charge in [0, 0.05) is 18.9 Å². The average molecular weight is 211 g/mol. The summed E-state index contributed by atoms with van der Waals surface area (Å²) in [5, 5.41) is 0. The summed E-state index contributed by atoms with van der Waals surface area (Å²) in [5.41, 5.74) is 5.85. The molecule has 1 aromatic rings. The molecule has 0 amide bonds. The van der Waals surface area contributed by atoms with Gasteiger partial charge >= 0.3 is 5.97 Å². The molecule has 84 valence electrons. The van der Waals surface area contributed by atoms with Crippen LogP contribution in [0.5, 0.6) is 0 Å². The van der Waals surface area contributed by atoms with E-state index < -0.39 is 0 Å². The van der Waals surface area contributed by atoms with Crippen LogP contribution in [-0.4, -0.2) is 19.1 Å². The van der Waals surface area contributed by atoms with E-state index in [-0.39, 0.29) is 12.0 Å². The van der Waals surface area contributed by atoms with Crippen LogP contribution < -0.4 is 5.73 Å². The zero-order valence-electron chi connectivity index (χ0n) is 9.16. The lowest BCUT2D eigenvalue weighted by molar-refractivity contribution is -0.140. The molecule has 1 rings (SSSR count). The second kappa shape index (κ2) is 5.56. The fourth-order valence-corrected chi connectivity index (χ4v) is 1.36. The first-order valence-electron chi connectivity index (χ1n) is 4.99. The molecule has 0 fully saturated rings. The lowest BCUT2D eigenvalue weighted by Crippen LogP contribution is -2.23. The van der Waals surface area contributed by atoms with E-state index in [0.29, 0.717) is 19.3 Å². The Bertz CT molecular complexity index is 319. The number of hydrogen-bond donors (Lipinski definition) is 1. The van der Waals surface area contributed by atoms with Gasteiger partial charge in [-0.2, -0.15) is 0 Å². The molecule has 4 heteroatoms. The minimum Gasteiger partial charge on any atom is -0.469 e. The van der Waals surface area contributed by atoms with E-state index in [0.717, 1.165) is 11.5 Å². The number of ether oxygens (including phenoxy) is 1. The van der Waals surface area contributed by atoms with Crippen LogP contribution in [0.4, 0.5) is 0 Å². The molecule has 0 radical (unpaired) electrons. The molecule has 1 unspecified atom stereocenters. The summed E-state index contributed by atoms with van der Waals surface area (Å²) in [6.07, 6.45) is 1.63. The Hall–Kier alpha value is -1.29. The van der Waals surface area contributed by atoms with Crippen molar-refractivity contribution in [1.29, 1.82) is 0 Å². The largest absolute Gasteiger partial charge is 0.469 e. The zero-order valence-corrected chi connectivity index (χ0v) is 9.16. The van der Waals surface area contributed by atoms with Crippen molar-refractivity contribution in [2.24, 2.45) is 5.73 Å². The third-order valence-electron chi connectivity index (χ3n) is 2.21. The summed E-state index contributed by atoms with van der Waals surface area (Å²) in [5.74, 6) is 1.52. The number of furan rings is 1. The number of carbonyl (C=O) groups is 1. The maximum atomic E-state index is 10.9. The van der Waals surface area contributed by atoms with Crippen LogP contribution in [0.15, 0.2) is 16.5 Å². The van der Waals surface area contributed by atoms with Gasteiger partial charge in [-0.3, -0.25) is 4.79 Å². The van der Waals surface area contributed by atoms with Gasteiger partial charge in [-0.15, -0.1) is 0 Å². The fourth-order valence-electron chi connectivity index (χ4n) is 1.36. The number of methoxy groups -OCH3 is 1. The molecule has 1 heterocycles. The van der Waals surface area contributed by atoms with Crippen LogP contribution in [0.2, 0.25) is 0 Å². The van der Waals surface area contributed by atoms with E-state index >= 15 is 0 Å². The highest BCUT2D eigenvalue weighted by Gasteiger charge is 2.09. The number of carbonyl (C=O) groups excluding carboxylic acids is 1. The third kappa shape index (κ3) is 4.16. The van der Waals surface area contributed by atoms with Gasteiger partial charge in [-0.25, -0.2) is 0 Å². The Morgan fingerprint density at radius 1 is 1.60 bits per heavy atom. The Labute approximate surface area is 89.4 Å². The molecule has 0 aliphatic rings. The quantitative estimate of drug-likeness (QED) is 0.748. The molecular formula is C11H17NO3. The first-order chi connectivity index (χ1) is 7.11. The summed E-state index contributed by atoms with van der Waals surface area (Å²) >= 11 is 0. The predicted molar refractivity (Wildman–Crippen MR) is 56.4 cm³/mol. The molecule has 1 aromatic heterocycles. The molecule has 0 aliphatic carbocycles. The highest BCUT2D eigenvalue weighted by Crippen LogP contribution is 2.10. The molecule has 15 heavy (non-hydrogen) atoms. The van der Waals surface area contributed by atoms with Gasteiger partial charge in [0.2, 0.25) is 0 Å². The highest BCUT2D eigenvalue weighted by atomic mass is 16.5. The van der Waals surface area contributed by atoms with Crippen molar-refractivity contribution in [1.82, 2.24) is 0 Å². The van der Waals surface area contributed by atoms with E-state index in [4.69, 9.17) is 10.2 Å². The average Bonchev–Trinajstić information content (AvgIpc) is 2.60. The van der Waals surface area contributed by atoms with Gasteiger partial charge in [0.15, 0.2) is 0 Å². The van der Waals surface area contributed by atoms with Gasteiger partial charge < -0.3 is 14.9 Å². The first kappa shape index (κ1) is 11.8. The smallest absolute Gasteiger partial charge is 0.305 e. The second-order valence-corrected chi connectivity index (χ2v) is 3.59. The third-order valence-corrected chi connectivity index (χ3v) is 2.21. The van der Waals surface area contributed by atoms with Crippen molar-refractivity contribution < 1.29 is 13.9 Å². The standard InChI is InChI=1S/C11H17NO3/c1-8-3-5-10(15-8)7-9(12)4-6-11(13)14-2/h3,5,9H,4,6-7,12H2,1-2H3. The van der Waals surface area contributed by atoms with Crippen LogP contribution in [-0.2, 0) is 16.0 Å². The summed E-state index contributed by atoms with van der Waals surface area (Å²) in [6.45, 7) is 1.89.